The summed E-state index contributed by atoms with van der Waals surface area (Å²) in [7, 11) is 3.72. The second kappa shape index (κ2) is 7.09. The maximum atomic E-state index is 4.24. The van der Waals surface area contributed by atoms with E-state index >= 15 is 0 Å². The molecule has 20 heavy (non-hydrogen) atoms. The van der Waals surface area contributed by atoms with Crippen molar-refractivity contribution in [3.8, 4) is 0 Å². The van der Waals surface area contributed by atoms with Crippen molar-refractivity contribution in [1.82, 2.24) is 20.4 Å². The van der Waals surface area contributed by atoms with Crippen LogP contribution in [-0.2, 0) is 13.6 Å². The number of aliphatic imine (C=N–C) groups is 1. The van der Waals surface area contributed by atoms with Crippen LogP contribution >= 0.6 is 11.3 Å². The highest BCUT2D eigenvalue weighted by molar-refractivity contribution is 7.10. The van der Waals surface area contributed by atoms with Crippen molar-refractivity contribution in [3.05, 3.63) is 40.3 Å². The number of aromatic nitrogens is 2. The highest BCUT2D eigenvalue weighted by Gasteiger charge is 2.07. The number of rotatable bonds is 5. The van der Waals surface area contributed by atoms with Gasteiger partial charge in [0.05, 0.1) is 12.2 Å². The Labute approximate surface area is 123 Å². The fourth-order valence-corrected chi connectivity index (χ4v) is 2.68. The Hall–Kier alpha value is -1.82. The fraction of sp³-hybridized carbons (Fsp3) is 0.429. The average Bonchev–Trinajstić information content (AvgIpc) is 3.10. The highest BCUT2D eigenvalue weighted by atomic mass is 32.1. The molecule has 6 heteroatoms. The smallest absolute Gasteiger partial charge is 0.191 e. The maximum Gasteiger partial charge on any atom is 0.191 e. The molecule has 0 aliphatic rings. The lowest BCUT2D eigenvalue weighted by Gasteiger charge is -2.15. The molecule has 0 fully saturated rings. The van der Waals surface area contributed by atoms with Crippen LogP contribution in [0.1, 0.15) is 23.4 Å². The summed E-state index contributed by atoms with van der Waals surface area (Å²) in [5.74, 6) is 1.29. The Kier molecular flexibility index (Phi) is 5.17. The lowest BCUT2D eigenvalue weighted by atomic mass is 10.1. The van der Waals surface area contributed by atoms with E-state index < -0.39 is 0 Å². The van der Waals surface area contributed by atoms with Crippen LogP contribution in [0.15, 0.2) is 34.8 Å². The van der Waals surface area contributed by atoms with Gasteiger partial charge in [-0.15, -0.1) is 11.3 Å². The Balaban J connectivity index is 1.80. The predicted molar refractivity (Wildman–Crippen MR) is 84.1 cm³/mol. The molecule has 0 amide bonds. The summed E-state index contributed by atoms with van der Waals surface area (Å²) in [5.41, 5.74) is 1.12. The van der Waals surface area contributed by atoms with E-state index in [1.54, 1.807) is 24.6 Å². The van der Waals surface area contributed by atoms with Crippen LogP contribution in [0.2, 0.25) is 0 Å². The fourth-order valence-electron chi connectivity index (χ4n) is 1.89. The molecule has 1 atom stereocenters. The molecule has 1 unspecified atom stereocenters. The molecule has 0 aliphatic carbocycles. The molecule has 2 N–H and O–H groups in total. The molecule has 0 aromatic carbocycles. The molecule has 0 bridgehead atoms. The van der Waals surface area contributed by atoms with Crippen LogP contribution in [0.4, 0.5) is 0 Å². The molecule has 0 radical (unpaired) electrons. The van der Waals surface area contributed by atoms with Gasteiger partial charge in [-0.05, 0) is 17.5 Å². The number of hydrogen-bond donors (Lipinski definition) is 2. The number of aryl methyl sites for hydroxylation is 1. The van der Waals surface area contributed by atoms with Crippen LogP contribution < -0.4 is 10.6 Å². The molecule has 2 heterocycles. The van der Waals surface area contributed by atoms with Crippen molar-refractivity contribution in [2.75, 3.05) is 13.6 Å². The van der Waals surface area contributed by atoms with E-state index in [0.717, 1.165) is 18.2 Å². The quantitative estimate of drug-likeness (QED) is 0.654. The van der Waals surface area contributed by atoms with Gasteiger partial charge in [0.15, 0.2) is 5.96 Å². The first-order valence-electron chi connectivity index (χ1n) is 6.65. The van der Waals surface area contributed by atoms with Gasteiger partial charge in [-0.25, -0.2) is 0 Å². The molecule has 0 saturated carbocycles. The van der Waals surface area contributed by atoms with E-state index in [0.29, 0.717) is 12.5 Å². The zero-order valence-corrected chi connectivity index (χ0v) is 12.9. The summed E-state index contributed by atoms with van der Waals surface area (Å²) >= 11 is 1.79. The van der Waals surface area contributed by atoms with Crippen LogP contribution in [-0.4, -0.2) is 29.3 Å². The summed E-state index contributed by atoms with van der Waals surface area (Å²) in [4.78, 5) is 5.63. The van der Waals surface area contributed by atoms with Crippen molar-refractivity contribution in [2.24, 2.45) is 12.0 Å². The first kappa shape index (κ1) is 14.6. The van der Waals surface area contributed by atoms with Gasteiger partial charge in [0.2, 0.25) is 0 Å². The summed E-state index contributed by atoms with van der Waals surface area (Å²) in [5, 5.41) is 12.9. The molecule has 2 rings (SSSR count). The highest BCUT2D eigenvalue weighted by Crippen LogP contribution is 2.19. The zero-order valence-electron chi connectivity index (χ0n) is 12.1. The summed E-state index contributed by atoms with van der Waals surface area (Å²) in [6.07, 6.45) is 1.80. The second-order valence-electron chi connectivity index (χ2n) is 4.67. The van der Waals surface area contributed by atoms with Gasteiger partial charge in [0.25, 0.3) is 0 Å². The predicted octanol–water partition coefficient (Wildman–Crippen LogP) is 1.95. The second-order valence-corrected chi connectivity index (χ2v) is 5.65. The van der Waals surface area contributed by atoms with Gasteiger partial charge < -0.3 is 10.6 Å². The molecule has 108 valence electrons. The number of nitrogens with zero attached hydrogens (tertiary/aromatic N) is 3. The van der Waals surface area contributed by atoms with Crippen molar-refractivity contribution in [1.29, 1.82) is 0 Å². The van der Waals surface area contributed by atoms with Gasteiger partial charge in [-0.2, -0.15) is 5.10 Å². The van der Waals surface area contributed by atoms with Crippen molar-refractivity contribution in [3.63, 3.8) is 0 Å². The van der Waals surface area contributed by atoms with Crippen molar-refractivity contribution < 1.29 is 0 Å². The van der Waals surface area contributed by atoms with Crippen molar-refractivity contribution in [2.45, 2.75) is 19.4 Å². The van der Waals surface area contributed by atoms with Gasteiger partial charge >= 0.3 is 0 Å². The number of guanidine groups is 1. The zero-order chi connectivity index (χ0) is 14.4. The van der Waals surface area contributed by atoms with E-state index in [9.17, 15) is 0 Å². The molecule has 2 aromatic heterocycles. The first-order valence-corrected chi connectivity index (χ1v) is 7.53. The average molecular weight is 291 g/mol. The number of nitrogens with one attached hydrogen (secondary N) is 2. The molecule has 5 nitrogen and oxygen atoms in total. The van der Waals surface area contributed by atoms with E-state index in [-0.39, 0.29) is 0 Å². The third-order valence-electron chi connectivity index (χ3n) is 3.19. The minimum Gasteiger partial charge on any atom is -0.356 e. The Morgan fingerprint density at radius 1 is 1.45 bits per heavy atom. The Morgan fingerprint density at radius 2 is 2.30 bits per heavy atom. The van der Waals surface area contributed by atoms with E-state index in [2.05, 4.69) is 45.2 Å². The van der Waals surface area contributed by atoms with Crippen molar-refractivity contribution >= 4 is 17.3 Å². The minimum atomic E-state index is 0.477. The summed E-state index contributed by atoms with van der Waals surface area (Å²) < 4.78 is 1.86. The van der Waals surface area contributed by atoms with Crippen LogP contribution in [0.25, 0.3) is 0 Å². The summed E-state index contributed by atoms with van der Waals surface area (Å²) in [6.45, 7) is 3.79. The normalized spacial score (nSPS) is 13.2. The topological polar surface area (TPSA) is 54.2 Å². The largest absolute Gasteiger partial charge is 0.356 e. The summed E-state index contributed by atoms with van der Waals surface area (Å²) in [6, 6.07) is 6.25. The first-order chi connectivity index (χ1) is 9.70. The SMILES string of the molecule is CN=C(NCc1ccnn1C)NCC(C)c1cccs1. The van der Waals surface area contributed by atoms with E-state index in [1.165, 1.54) is 4.88 Å². The molecular formula is C14H21N5S. The number of thiophene rings is 1. The molecular weight excluding hydrogens is 270 g/mol. The molecule has 0 saturated heterocycles. The Morgan fingerprint density at radius 3 is 2.90 bits per heavy atom. The van der Waals surface area contributed by atoms with Crippen LogP contribution in [0.3, 0.4) is 0 Å². The standard InChI is InChI=1S/C14H21N5S/c1-11(13-5-4-8-20-13)9-16-14(15-2)17-10-12-6-7-18-19(12)3/h4-8,11H,9-10H2,1-3H3,(H2,15,16,17). The van der Waals surface area contributed by atoms with Crippen LogP contribution in [0.5, 0.6) is 0 Å². The minimum absolute atomic E-state index is 0.477. The lowest BCUT2D eigenvalue weighted by molar-refractivity contribution is 0.672. The lowest BCUT2D eigenvalue weighted by Crippen LogP contribution is -2.38. The van der Waals surface area contributed by atoms with E-state index in [1.807, 2.05) is 17.8 Å². The van der Waals surface area contributed by atoms with Gasteiger partial charge in [0, 0.05) is 37.6 Å². The molecule has 0 spiro atoms. The maximum absolute atomic E-state index is 4.24. The third-order valence-corrected chi connectivity index (χ3v) is 4.29. The Bertz CT molecular complexity index is 544. The molecule has 0 aliphatic heterocycles. The number of hydrogen-bond acceptors (Lipinski definition) is 3. The van der Waals surface area contributed by atoms with Gasteiger partial charge in [-0.1, -0.05) is 13.0 Å². The monoisotopic (exact) mass is 291 g/mol. The van der Waals surface area contributed by atoms with Gasteiger partial charge in [0.1, 0.15) is 0 Å². The van der Waals surface area contributed by atoms with Gasteiger partial charge in [-0.3, -0.25) is 9.67 Å². The van der Waals surface area contributed by atoms with E-state index in [4.69, 9.17) is 0 Å². The molecule has 2 aromatic rings. The van der Waals surface area contributed by atoms with Crippen LogP contribution in [0, 0.1) is 0 Å². The third kappa shape index (κ3) is 3.84.